The van der Waals surface area contributed by atoms with Crippen LogP contribution in [0, 0.1) is 0 Å². The number of nitrogens with one attached hydrogen (secondary N) is 2. The Balaban J connectivity index is 1.20. The van der Waals surface area contributed by atoms with Crippen LogP contribution >= 0.6 is 15.9 Å². The Kier molecular flexibility index (Phi) is 5.58. The fraction of sp³-hybridized carbons (Fsp3) is 0.333. The number of piperazine rings is 1. The number of halogens is 1. The Morgan fingerprint density at radius 2 is 1.65 bits per heavy atom. The van der Waals surface area contributed by atoms with Gasteiger partial charge >= 0.3 is 0 Å². The molecule has 1 fully saturated rings. The van der Waals surface area contributed by atoms with Crippen LogP contribution in [0.3, 0.4) is 0 Å². The van der Waals surface area contributed by atoms with Crippen LogP contribution in [0.15, 0.2) is 59.1 Å². The standard InChI is InChI=1S/C21H25BrN4/c22-18-5-7-19(8-6-18)23-9-10-25-11-13-26(14-12-25)16-20-15-17-3-1-2-4-21(17)24-20/h1-8,15,23-24H,9-14,16H2. The zero-order valence-electron chi connectivity index (χ0n) is 14.9. The fourth-order valence-electron chi connectivity index (χ4n) is 3.56. The number of H-pyrrole nitrogens is 1. The molecule has 4 rings (SSSR count). The third-order valence-corrected chi connectivity index (χ3v) is 5.57. The van der Waals surface area contributed by atoms with Gasteiger partial charge in [-0.05, 0) is 41.8 Å². The average Bonchev–Trinajstić information content (AvgIpc) is 3.07. The number of fused-ring (bicyclic) bond motifs is 1. The molecule has 0 amide bonds. The van der Waals surface area contributed by atoms with E-state index in [-0.39, 0.29) is 0 Å². The zero-order valence-corrected chi connectivity index (χ0v) is 16.5. The van der Waals surface area contributed by atoms with Crippen molar-refractivity contribution in [2.24, 2.45) is 0 Å². The summed E-state index contributed by atoms with van der Waals surface area (Å²) >= 11 is 3.47. The lowest BCUT2D eigenvalue weighted by Crippen LogP contribution is -2.47. The second kappa shape index (κ2) is 8.25. The van der Waals surface area contributed by atoms with Crippen LogP contribution in [-0.2, 0) is 6.54 Å². The SMILES string of the molecule is Brc1ccc(NCCN2CCN(Cc3cc4ccccc4[nH]3)CC2)cc1. The molecule has 5 heteroatoms. The number of rotatable bonds is 6. The van der Waals surface area contributed by atoms with Crippen molar-refractivity contribution >= 4 is 32.5 Å². The van der Waals surface area contributed by atoms with Gasteiger partial charge in [0.2, 0.25) is 0 Å². The van der Waals surface area contributed by atoms with Gasteiger partial charge in [0.05, 0.1) is 0 Å². The van der Waals surface area contributed by atoms with Crippen LogP contribution in [0.5, 0.6) is 0 Å². The van der Waals surface area contributed by atoms with Gasteiger partial charge < -0.3 is 10.3 Å². The van der Waals surface area contributed by atoms with E-state index in [9.17, 15) is 0 Å². The highest BCUT2D eigenvalue weighted by molar-refractivity contribution is 9.10. The minimum absolute atomic E-state index is 0.990. The second-order valence-corrected chi connectivity index (χ2v) is 7.85. The maximum absolute atomic E-state index is 3.54. The molecule has 1 aromatic heterocycles. The lowest BCUT2D eigenvalue weighted by molar-refractivity contribution is 0.130. The molecular weight excluding hydrogens is 388 g/mol. The van der Waals surface area contributed by atoms with Gasteiger partial charge in [-0.1, -0.05) is 34.1 Å². The van der Waals surface area contributed by atoms with E-state index in [4.69, 9.17) is 0 Å². The molecule has 0 saturated carbocycles. The molecule has 2 aromatic carbocycles. The second-order valence-electron chi connectivity index (χ2n) is 6.93. The van der Waals surface area contributed by atoms with Crippen LogP contribution in [-0.4, -0.2) is 54.1 Å². The predicted molar refractivity (Wildman–Crippen MR) is 113 cm³/mol. The van der Waals surface area contributed by atoms with Crippen molar-refractivity contribution in [3.05, 3.63) is 64.8 Å². The first-order valence-electron chi connectivity index (χ1n) is 9.27. The molecular formula is C21H25BrN4. The Morgan fingerprint density at radius 1 is 0.923 bits per heavy atom. The summed E-state index contributed by atoms with van der Waals surface area (Å²) in [5.74, 6) is 0. The number of para-hydroxylation sites is 1. The topological polar surface area (TPSA) is 34.3 Å². The molecule has 1 aliphatic rings. The zero-order chi connectivity index (χ0) is 17.8. The van der Waals surface area contributed by atoms with E-state index < -0.39 is 0 Å². The van der Waals surface area contributed by atoms with Crippen LogP contribution < -0.4 is 5.32 Å². The molecule has 0 bridgehead atoms. The number of aromatic amines is 1. The van der Waals surface area contributed by atoms with Gasteiger partial charge in [0.25, 0.3) is 0 Å². The molecule has 1 aliphatic heterocycles. The summed E-state index contributed by atoms with van der Waals surface area (Å²) in [7, 11) is 0. The van der Waals surface area contributed by atoms with Crippen molar-refractivity contribution in [2.45, 2.75) is 6.54 Å². The third kappa shape index (κ3) is 4.47. The van der Waals surface area contributed by atoms with Crippen LogP contribution in [0.25, 0.3) is 10.9 Å². The number of aromatic nitrogens is 1. The van der Waals surface area contributed by atoms with Crippen molar-refractivity contribution in [1.29, 1.82) is 0 Å². The van der Waals surface area contributed by atoms with E-state index in [2.05, 4.69) is 90.6 Å². The summed E-state index contributed by atoms with van der Waals surface area (Å²) in [4.78, 5) is 8.64. The summed E-state index contributed by atoms with van der Waals surface area (Å²) in [6.45, 7) is 7.64. The van der Waals surface area contributed by atoms with Crippen molar-refractivity contribution in [2.75, 3.05) is 44.6 Å². The molecule has 136 valence electrons. The maximum Gasteiger partial charge on any atom is 0.0456 e. The molecule has 0 spiro atoms. The Morgan fingerprint density at radius 3 is 2.42 bits per heavy atom. The van der Waals surface area contributed by atoms with Crippen molar-refractivity contribution in [1.82, 2.24) is 14.8 Å². The molecule has 0 radical (unpaired) electrons. The van der Waals surface area contributed by atoms with Gasteiger partial charge in [-0.25, -0.2) is 0 Å². The van der Waals surface area contributed by atoms with Gasteiger partial charge in [-0.3, -0.25) is 9.80 Å². The van der Waals surface area contributed by atoms with E-state index in [1.807, 2.05) is 0 Å². The summed E-state index contributed by atoms with van der Waals surface area (Å²) in [6, 6.07) is 19.2. The van der Waals surface area contributed by atoms with Gasteiger partial charge in [0.15, 0.2) is 0 Å². The number of benzene rings is 2. The van der Waals surface area contributed by atoms with Gasteiger partial charge in [-0.15, -0.1) is 0 Å². The quantitative estimate of drug-likeness (QED) is 0.637. The number of hydrogen-bond donors (Lipinski definition) is 2. The molecule has 0 aliphatic carbocycles. The highest BCUT2D eigenvalue weighted by Crippen LogP contribution is 2.17. The first-order valence-corrected chi connectivity index (χ1v) is 10.1. The van der Waals surface area contributed by atoms with E-state index >= 15 is 0 Å². The van der Waals surface area contributed by atoms with Gasteiger partial charge in [0.1, 0.15) is 0 Å². The lowest BCUT2D eigenvalue weighted by Gasteiger charge is -2.34. The largest absolute Gasteiger partial charge is 0.384 e. The molecule has 0 atom stereocenters. The third-order valence-electron chi connectivity index (χ3n) is 5.05. The number of nitrogens with zero attached hydrogens (tertiary/aromatic N) is 2. The van der Waals surface area contributed by atoms with Crippen LogP contribution in [0.1, 0.15) is 5.69 Å². The van der Waals surface area contributed by atoms with E-state index in [1.165, 1.54) is 22.3 Å². The van der Waals surface area contributed by atoms with Gasteiger partial charge in [0, 0.05) is 67.2 Å². The Bertz CT molecular complexity index is 802. The minimum atomic E-state index is 0.990. The van der Waals surface area contributed by atoms with Crippen molar-refractivity contribution < 1.29 is 0 Å². The Labute approximate surface area is 163 Å². The van der Waals surface area contributed by atoms with E-state index in [0.29, 0.717) is 0 Å². The first-order chi connectivity index (χ1) is 12.8. The molecule has 2 heterocycles. The summed E-state index contributed by atoms with van der Waals surface area (Å²) in [5, 5.41) is 4.81. The smallest absolute Gasteiger partial charge is 0.0456 e. The number of hydrogen-bond acceptors (Lipinski definition) is 3. The molecule has 0 unspecified atom stereocenters. The highest BCUT2D eigenvalue weighted by atomic mass is 79.9. The van der Waals surface area contributed by atoms with Crippen molar-refractivity contribution in [3.63, 3.8) is 0 Å². The molecule has 3 aromatic rings. The fourth-order valence-corrected chi connectivity index (χ4v) is 3.82. The molecule has 2 N–H and O–H groups in total. The summed E-state index contributed by atoms with van der Waals surface area (Å²) in [5.41, 5.74) is 3.74. The minimum Gasteiger partial charge on any atom is -0.384 e. The molecule has 26 heavy (non-hydrogen) atoms. The van der Waals surface area contributed by atoms with E-state index in [1.54, 1.807) is 0 Å². The van der Waals surface area contributed by atoms with Crippen LogP contribution in [0.2, 0.25) is 0 Å². The first kappa shape index (κ1) is 17.6. The predicted octanol–water partition coefficient (Wildman–Crippen LogP) is 4.16. The Hall–Kier alpha value is -1.82. The summed E-state index contributed by atoms with van der Waals surface area (Å²) in [6.07, 6.45) is 0. The lowest BCUT2D eigenvalue weighted by atomic mass is 10.2. The maximum atomic E-state index is 3.54. The van der Waals surface area contributed by atoms with Crippen LogP contribution in [0.4, 0.5) is 5.69 Å². The normalized spacial score (nSPS) is 16.2. The molecule has 4 nitrogen and oxygen atoms in total. The van der Waals surface area contributed by atoms with Gasteiger partial charge in [-0.2, -0.15) is 0 Å². The summed E-state index contributed by atoms with van der Waals surface area (Å²) < 4.78 is 1.12. The van der Waals surface area contributed by atoms with Crippen molar-refractivity contribution in [3.8, 4) is 0 Å². The monoisotopic (exact) mass is 412 g/mol. The average molecular weight is 413 g/mol. The highest BCUT2D eigenvalue weighted by Gasteiger charge is 2.17. The number of anilines is 1. The molecule has 1 saturated heterocycles. The van der Waals surface area contributed by atoms with E-state index in [0.717, 1.165) is 50.3 Å².